The van der Waals surface area contributed by atoms with Gasteiger partial charge in [0.2, 0.25) is 17.7 Å². The zero-order valence-corrected chi connectivity index (χ0v) is 26.3. The first kappa shape index (κ1) is 30.7. The van der Waals surface area contributed by atoms with E-state index in [1.54, 1.807) is 47.0 Å². The quantitative estimate of drug-likeness (QED) is 0.333. The highest BCUT2D eigenvalue weighted by molar-refractivity contribution is 8.02. The summed E-state index contributed by atoms with van der Waals surface area (Å²) >= 11 is 8.09. The number of aliphatic hydroxyl groups excluding tert-OH is 1. The van der Waals surface area contributed by atoms with Crippen molar-refractivity contribution in [2.45, 2.75) is 69.5 Å². The molecule has 2 bridgehead atoms. The second-order valence-corrected chi connectivity index (χ2v) is 14.1. The lowest BCUT2D eigenvalue weighted by Crippen LogP contribution is -2.57. The molecule has 3 fully saturated rings. The Bertz CT molecular complexity index is 1330. The van der Waals surface area contributed by atoms with Crippen LogP contribution in [0.3, 0.4) is 0 Å². The van der Waals surface area contributed by atoms with Crippen LogP contribution in [0.2, 0.25) is 5.02 Å². The number of hydrogen-bond donors (Lipinski definition) is 3. The van der Waals surface area contributed by atoms with Crippen molar-refractivity contribution < 1.29 is 24.2 Å². The number of aliphatic hydroxyl groups is 1. The molecule has 0 aliphatic carbocycles. The maximum atomic E-state index is 14.5. The third-order valence-electron chi connectivity index (χ3n) is 8.99. The molecule has 3 aliphatic rings. The molecule has 5 rings (SSSR count). The minimum absolute atomic E-state index is 0.00228. The van der Waals surface area contributed by atoms with E-state index in [0.717, 1.165) is 5.56 Å². The van der Waals surface area contributed by atoms with E-state index in [9.17, 15) is 19.5 Å². The van der Waals surface area contributed by atoms with Gasteiger partial charge in [-0.25, -0.2) is 0 Å². The number of halogens is 1. The number of nitrogens with zero attached hydrogens (tertiary/aromatic N) is 1. The number of likely N-dealkylation sites (tertiary alicyclic amines) is 1. The van der Waals surface area contributed by atoms with Crippen LogP contribution in [0.1, 0.15) is 46.1 Å². The van der Waals surface area contributed by atoms with E-state index in [-0.39, 0.29) is 41.4 Å². The van der Waals surface area contributed by atoms with Gasteiger partial charge in [-0.05, 0) is 74.4 Å². The third kappa shape index (κ3) is 5.18. The van der Waals surface area contributed by atoms with Crippen molar-refractivity contribution in [3.05, 3.63) is 53.1 Å². The summed E-state index contributed by atoms with van der Waals surface area (Å²) in [5.41, 5.74) is 1.94. The summed E-state index contributed by atoms with van der Waals surface area (Å²) in [6.07, 6.45) is 1.25. The summed E-state index contributed by atoms with van der Waals surface area (Å²) in [6.45, 7) is 10.2. The minimum atomic E-state index is -0.866. The van der Waals surface area contributed by atoms with Crippen molar-refractivity contribution in [3.8, 4) is 5.75 Å². The van der Waals surface area contributed by atoms with Crippen molar-refractivity contribution >= 4 is 52.5 Å². The summed E-state index contributed by atoms with van der Waals surface area (Å²) in [5.74, 6) is -1.20. The van der Waals surface area contributed by atoms with E-state index in [1.165, 1.54) is 0 Å². The predicted octanol–water partition coefficient (Wildman–Crippen LogP) is 5.37. The maximum absolute atomic E-state index is 14.5. The van der Waals surface area contributed by atoms with Crippen LogP contribution in [-0.4, -0.2) is 63.0 Å². The topological polar surface area (TPSA) is 108 Å². The van der Waals surface area contributed by atoms with Gasteiger partial charge in [-0.1, -0.05) is 44.5 Å². The number of nitrogens with one attached hydrogen (secondary N) is 2. The van der Waals surface area contributed by atoms with Crippen molar-refractivity contribution in [2.75, 3.05) is 23.8 Å². The molecule has 3 saturated heterocycles. The lowest BCUT2D eigenvalue weighted by molar-refractivity contribution is -0.141. The molecule has 3 heterocycles. The molecular formula is C32H40ClN3O5S. The fourth-order valence-electron chi connectivity index (χ4n) is 7.28. The Hall–Kier alpha value is -2.75. The maximum Gasteiger partial charge on any atom is 0.248 e. The van der Waals surface area contributed by atoms with E-state index in [2.05, 4.69) is 17.6 Å². The largest absolute Gasteiger partial charge is 0.494 e. The van der Waals surface area contributed by atoms with Crippen LogP contribution >= 0.6 is 23.4 Å². The van der Waals surface area contributed by atoms with Crippen LogP contribution in [0.15, 0.2) is 42.5 Å². The van der Waals surface area contributed by atoms with Gasteiger partial charge in [0.25, 0.3) is 0 Å². The number of hydrogen-bond acceptors (Lipinski definition) is 6. The fraction of sp³-hybridized carbons (Fsp3) is 0.531. The van der Waals surface area contributed by atoms with Gasteiger partial charge in [0.1, 0.15) is 11.8 Å². The first-order valence-corrected chi connectivity index (χ1v) is 16.0. The van der Waals surface area contributed by atoms with Crippen molar-refractivity contribution in [2.24, 2.45) is 23.7 Å². The Morgan fingerprint density at radius 2 is 1.88 bits per heavy atom. The molecular weight excluding hydrogens is 574 g/mol. The Kier molecular flexibility index (Phi) is 8.84. The van der Waals surface area contributed by atoms with Gasteiger partial charge < -0.3 is 25.4 Å². The number of fused-ring (bicyclic) bond motifs is 1. The average molecular weight is 614 g/mol. The molecule has 2 aromatic rings. The summed E-state index contributed by atoms with van der Waals surface area (Å²) < 4.78 is 4.71. The summed E-state index contributed by atoms with van der Waals surface area (Å²) in [6, 6.07) is 11.2. The van der Waals surface area contributed by atoms with Crippen molar-refractivity contribution in [1.82, 2.24) is 4.90 Å². The molecule has 0 saturated carbocycles. The van der Waals surface area contributed by atoms with Crippen LogP contribution < -0.4 is 15.4 Å². The molecule has 3 unspecified atom stereocenters. The van der Waals surface area contributed by atoms with Crippen LogP contribution in [0.5, 0.6) is 5.75 Å². The molecule has 226 valence electrons. The Morgan fingerprint density at radius 3 is 2.50 bits per heavy atom. The van der Waals surface area contributed by atoms with Gasteiger partial charge in [0.15, 0.2) is 0 Å². The first-order valence-electron chi connectivity index (χ1n) is 14.7. The van der Waals surface area contributed by atoms with Gasteiger partial charge in [0.05, 0.1) is 46.5 Å². The van der Waals surface area contributed by atoms with E-state index < -0.39 is 28.7 Å². The first-order chi connectivity index (χ1) is 20.0. The molecule has 8 nitrogen and oxygen atoms in total. The number of para-hydroxylation sites is 1. The van der Waals surface area contributed by atoms with E-state index in [1.807, 2.05) is 39.8 Å². The molecule has 10 heteroatoms. The smallest absolute Gasteiger partial charge is 0.248 e. The van der Waals surface area contributed by atoms with Gasteiger partial charge >= 0.3 is 0 Å². The molecule has 3 N–H and O–H groups in total. The monoisotopic (exact) mass is 613 g/mol. The average Bonchev–Trinajstić information content (AvgIpc) is 3.54. The second-order valence-electron chi connectivity index (χ2n) is 12.1. The number of ether oxygens (including phenoxy) is 1. The number of rotatable bonds is 10. The Balaban J connectivity index is 1.52. The highest BCUT2D eigenvalue weighted by Crippen LogP contribution is 2.69. The number of anilines is 2. The number of benzene rings is 2. The lowest BCUT2D eigenvalue weighted by atomic mass is 9.66. The molecule has 1 spiro atoms. The van der Waals surface area contributed by atoms with Gasteiger partial charge in [-0.3, -0.25) is 14.4 Å². The minimum Gasteiger partial charge on any atom is -0.494 e. The normalized spacial score (nSPS) is 28.6. The van der Waals surface area contributed by atoms with Gasteiger partial charge in [-0.2, -0.15) is 0 Å². The highest BCUT2D eigenvalue weighted by Gasteiger charge is 2.76. The van der Waals surface area contributed by atoms with Crippen LogP contribution in [0.4, 0.5) is 11.4 Å². The molecule has 7 atom stereocenters. The molecule has 42 heavy (non-hydrogen) atoms. The lowest BCUT2D eigenvalue weighted by Gasteiger charge is -2.40. The van der Waals surface area contributed by atoms with E-state index in [0.29, 0.717) is 41.6 Å². The van der Waals surface area contributed by atoms with Crippen molar-refractivity contribution in [1.29, 1.82) is 0 Å². The van der Waals surface area contributed by atoms with Crippen molar-refractivity contribution in [3.63, 3.8) is 0 Å². The standard InChI is InChI=1S/C32H40ClN3O5S/c1-6-41-22-12-10-20(11-13-22)34-29(38)25-24-15-19(5)32(42-24)26(25)31(40)36(21(16-37)14-17(2)3)28(32)30(39)35-27-18(4)8-7-9-23(27)33/h7-13,17,19,21,24-26,28,37H,6,14-16H2,1-5H3,(H,34,38)(H,35,39)/t19?,21-,24+,25-,26+,28?,32?/m1/s1. The number of carbonyl (C=O) groups excluding carboxylic acids is 3. The Morgan fingerprint density at radius 1 is 1.17 bits per heavy atom. The SMILES string of the molecule is CCOc1ccc(NC(=O)[C@@H]2[C@@H]3CC(C)C4(S3)C(C(=O)Nc3c(C)cccc3Cl)N([C@@H](CO)CC(C)C)C(=O)[C@H]24)cc1. The zero-order valence-electron chi connectivity index (χ0n) is 24.7. The van der Waals surface area contributed by atoms with Gasteiger partial charge in [-0.15, -0.1) is 11.8 Å². The molecule has 2 aromatic carbocycles. The Labute approximate surface area is 256 Å². The van der Waals surface area contributed by atoms with Crippen LogP contribution in [0.25, 0.3) is 0 Å². The number of carbonyl (C=O) groups is 3. The summed E-state index contributed by atoms with van der Waals surface area (Å²) in [7, 11) is 0. The third-order valence-corrected chi connectivity index (χ3v) is 11.4. The summed E-state index contributed by atoms with van der Waals surface area (Å²) in [5, 5.41) is 16.9. The predicted molar refractivity (Wildman–Crippen MR) is 167 cm³/mol. The number of amides is 3. The molecule has 3 aliphatic heterocycles. The molecule has 0 aromatic heterocycles. The second kappa shape index (κ2) is 12.1. The molecule has 3 amide bonds. The van der Waals surface area contributed by atoms with Crippen LogP contribution in [-0.2, 0) is 14.4 Å². The zero-order chi connectivity index (χ0) is 30.3. The fourth-order valence-corrected chi connectivity index (χ4v) is 9.96. The van der Waals surface area contributed by atoms with E-state index in [4.69, 9.17) is 16.3 Å². The van der Waals surface area contributed by atoms with Gasteiger partial charge in [0, 0.05) is 10.9 Å². The van der Waals surface area contributed by atoms with Crippen LogP contribution in [0, 0.1) is 30.6 Å². The highest BCUT2D eigenvalue weighted by atomic mass is 35.5. The van der Waals surface area contributed by atoms with E-state index >= 15 is 0 Å². The number of aryl methyl sites for hydroxylation is 1. The molecule has 0 radical (unpaired) electrons. The number of thioether (sulfide) groups is 1. The summed E-state index contributed by atoms with van der Waals surface area (Å²) in [4.78, 5) is 44.3.